The number of thiol groups is 2. The highest BCUT2D eigenvalue weighted by atomic mass is 33.1. The topological polar surface area (TPSA) is 40.5 Å². The Balaban J connectivity index is -0.0000000750. The second-order valence-electron chi connectivity index (χ2n) is 0.676. The van der Waals surface area contributed by atoms with E-state index in [0.717, 1.165) is 0 Å². The van der Waals surface area contributed by atoms with Crippen LogP contribution in [0.3, 0.4) is 0 Å². The van der Waals surface area contributed by atoms with Crippen LogP contribution in [-0.4, -0.2) is 30.0 Å². The van der Waals surface area contributed by atoms with Gasteiger partial charge in [-0.2, -0.15) is 0 Å². The van der Waals surface area contributed by atoms with E-state index >= 15 is 0 Å². The van der Waals surface area contributed by atoms with Gasteiger partial charge in [-0.1, -0.05) is 0 Å². The van der Waals surface area contributed by atoms with Crippen LogP contribution in [-0.2, 0) is 0 Å². The Labute approximate surface area is 79.2 Å². The summed E-state index contributed by atoms with van der Waals surface area (Å²) in [6.45, 7) is 0. The lowest BCUT2D eigenvalue weighted by Gasteiger charge is -1.65. The van der Waals surface area contributed by atoms with E-state index in [9.17, 15) is 4.32 Å². The van der Waals surface area contributed by atoms with Crippen LogP contribution in [0, 0.1) is 0 Å². The van der Waals surface area contributed by atoms with E-state index in [1.54, 1.807) is 0 Å². The molecule has 0 aliphatic heterocycles. The Bertz CT molecular complexity index is 37.7. The molecule has 0 unspecified atom stereocenters. The van der Waals surface area contributed by atoms with Gasteiger partial charge in [-0.05, 0) is 12.5 Å². The third-order valence-electron chi connectivity index (χ3n) is 0. The van der Waals surface area contributed by atoms with Crippen LogP contribution in [0.4, 0.5) is 4.32 Å². The minimum absolute atomic E-state index is 1.44. The summed E-state index contributed by atoms with van der Waals surface area (Å²) >= 11 is 7.41. The average molecular weight is 224 g/mol. The van der Waals surface area contributed by atoms with Crippen molar-refractivity contribution >= 4 is 52.3 Å². The van der Waals surface area contributed by atoms with Gasteiger partial charge in [-0.15, -0.1) is 44.9 Å². The first-order valence-electron chi connectivity index (χ1n) is 1.92. The summed E-state index contributed by atoms with van der Waals surface area (Å²) in [6.07, 6.45) is 3.81. The molecular formula is C2H10BFO2S4. The van der Waals surface area contributed by atoms with Crippen molar-refractivity contribution in [2.75, 3.05) is 12.5 Å². The van der Waals surface area contributed by atoms with Crippen molar-refractivity contribution in [2.45, 2.75) is 0 Å². The van der Waals surface area contributed by atoms with Crippen LogP contribution in [0.15, 0.2) is 0 Å². The minimum atomic E-state index is -2.67. The summed E-state index contributed by atoms with van der Waals surface area (Å²) in [6, 6.07) is 0. The SMILES string of the molecule is CSS.CSS.OB(O)F. The maximum Gasteiger partial charge on any atom is 0.674 e. The van der Waals surface area contributed by atoms with Crippen LogP contribution in [0.2, 0.25) is 0 Å². The molecule has 0 amide bonds. The molecule has 0 aromatic carbocycles. The Morgan fingerprint density at radius 1 is 1.20 bits per heavy atom. The lowest BCUT2D eigenvalue weighted by Crippen LogP contribution is -1.98. The van der Waals surface area contributed by atoms with E-state index in [-0.39, 0.29) is 0 Å². The first-order valence-corrected chi connectivity index (χ1v) is 6.47. The maximum absolute atomic E-state index is 10.1. The Hall–Kier alpha value is 1.31. The lowest BCUT2D eigenvalue weighted by molar-refractivity contribution is 0.340. The highest BCUT2D eigenvalue weighted by molar-refractivity contribution is 8.68. The first-order chi connectivity index (χ1) is 4.56. The van der Waals surface area contributed by atoms with E-state index in [1.165, 1.54) is 21.6 Å². The third-order valence-corrected chi connectivity index (χ3v) is 0. The molecular weight excluding hydrogens is 214 g/mol. The molecule has 0 radical (unpaired) electrons. The summed E-state index contributed by atoms with van der Waals surface area (Å²) in [4.78, 5) is 0. The standard InChI is InChI=1S/2CH4S2.BFH2O2/c2*1-3-2;2-1(3)4/h2*2H,1H3;3-4H. The number of hydrogen-bond acceptors (Lipinski definition) is 6. The summed E-state index contributed by atoms with van der Waals surface area (Å²) in [5, 5.41) is 13.9. The van der Waals surface area contributed by atoms with E-state index in [2.05, 4.69) is 23.3 Å². The van der Waals surface area contributed by atoms with E-state index < -0.39 is 7.40 Å². The quantitative estimate of drug-likeness (QED) is 0.284. The molecule has 0 rings (SSSR count). The lowest BCUT2D eigenvalue weighted by atomic mass is 10.3. The Morgan fingerprint density at radius 3 is 1.20 bits per heavy atom. The van der Waals surface area contributed by atoms with Crippen molar-refractivity contribution in [1.29, 1.82) is 0 Å². The van der Waals surface area contributed by atoms with Gasteiger partial charge in [0.15, 0.2) is 0 Å². The largest absolute Gasteiger partial charge is 0.674 e. The summed E-state index contributed by atoms with van der Waals surface area (Å²) in [7, 11) is 0.222. The van der Waals surface area contributed by atoms with Crippen molar-refractivity contribution < 1.29 is 14.4 Å². The predicted molar refractivity (Wildman–Crippen MR) is 56.3 cm³/mol. The second kappa shape index (κ2) is 22.4. The van der Waals surface area contributed by atoms with Gasteiger partial charge in [-0.3, -0.25) is 4.32 Å². The first kappa shape index (κ1) is 17.4. The second-order valence-corrected chi connectivity index (χ2v) is 3.60. The zero-order valence-corrected chi connectivity index (χ0v) is 8.98. The molecule has 0 fully saturated rings. The molecule has 0 saturated carbocycles. The fourth-order valence-corrected chi connectivity index (χ4v) is 0. The molecule has 0 saturated heterocycles. The van der Waals surface area contributed by atoms with Gasteiger partial charge in [0, 0.05) is 0 Å². The molecule has 0 spiro atoms. The molecule has 0 bridgehead atoms. The number of hydrogen-bond donors (Lipinski definition) is 4. The van der Waals surface area contributed by atoms with Crippen LogP contribution in [0.25, 0.3) is 0 Å². The number of halogens is 1. The van der Waals surface area contributed by atoms with Crippen LogP contribution in [0.5, 0.6) is 0 Å². The van der Waals surface area contributed by atoms with Crippen molar-refractivity contribution in [3.05, 3.63) is 0 Å². The fourth-order valence-electron chi connectivity index (χ4n) is 0. The highest BCUT2D eigenvalue weighted by Gasteiger charge is 1.97. The van der Waals surface area contributed by atoms with Crippen LogP contribution in [0.1, 0.15) is 0 Å². The normalized spacial score (nSPS) is 6.30. The minimum Gasteiger partial charge on any atom is -0.398 e. The van der Waals surface area contributed by atoms with Crippen LogP contribution >= 0.6 is 44.9 Å². The molecule has 0 aromatic heterocycles. The molecule has 0 aliphatic rings. The summed E-state index contributed by atoms with van der Waals surface area (Å²) in [5.41, 5.74) is 0. The molecule has 2 N–H and O–H groups in total. The van der Waals surface area contributed by atoms with Gasteiger partial charge in [0.1, 0.15) is 0 Å². The van der Waals surface area contributed by atoms with Crippen molar-refractivity contribution in [2.24, 2.45) is 0 Å². The Morgan fingerprint density at radius 2 is 1.20 bits per heavy atom. The molecule has 8 heteroatoms. The smallest absolute Gasteiger partial charge is 0.398 e. The highest BCUT2D eigenvalue weighted by Crippen LogP contribution is 1.92. The maximum atomic E-state index is 10.1. The van der Waals surface area contributed by atoms with E-state index in [1.807, 2.05) is 12.5 Å². The molecule has 2 nitrogen and oxygen atoms in total. The average Bonchev–Trinajstić information content (AvgIpc) is 1.65. The van der Waals surface area contributed by atoms with E-state index in [4.69, 9.17) is 10.0 Å². The Kier molecular flexibility index (Phi) is 39.1. The molecule has 64 valence electrons. The zero-order chi connectivity index (χ0) is 8.99. The van der Waals surface area contributed by atoms with Crippen molar-refractivity contribution in [1.82, 2.24) is 0 Å². The van der Waals surface area contributed by atoms with Crippen LogP contribution < -0.4 is 0 Å². The molecule has 0 aliphatic carbocycles. The molecule has 10 heavy (non-hydrogen) atoms. The summed E-state index contributed by atoms with van der Waals surface area (Å²) < 4.78 is 10.1. The third kappa shape index (κ3) is 372. The van der Waals surface area contributed by atoms with Gasteiger partial charge in [0.05, 0.1) is 0 Å². The van der Waals surface area contributed by atoms with Gasteiger partial charge in [0.2, 0.25) is 0 Å². The van der Waals surface area contributed by atoms with Crippen molar-refractivity contribution in [3.63, 3.8) is 0 Å². The zero-order valence-electron chi connectivity index (χ0n) is 5.56. The van der Waals surface area contributed by atoms with E-state index in [0.29, 0.717) is 0 Å². The van der Waals surface area contributed by atoms with Gasteiger partial charge < -0.3 is 10.0 Å². The molecule has 0 heterocycles. The van der Waals surface area contributed by atoms with Gasteiger partial charge in [0.25, 0.3) is 0 Å². The summed E-state index contributed by atoms with van der Waals surface area (Å²) in [5.74, 6) is 0. The van der Waals surface area contributed by atoms with Crippen molar-refractivity contribution in [3.8, 4) is 0 Å². The van der Waals surface area contributed by atoms with Gasteiger partial charge >= 0.3 is 7.40 Å². The number of rotatable bonds is 0. The fraction of sp³-hybridized carbons (Fsp3) is 1.00. The molecule has 0 aromatic rings. The monoisotopic (exact) mass is 224 g/mol. The van der Waals surface area contributed by atoms with Gasteiger partial charge in [-0.25, -0.2) is 0 Å². The predicted octanol–water partition coefficient (Wildman–Crippen LogP) is 1.31. The molecule has 0 atom stereocenters.